The van der Waals surface area contributed by atoms with Crippen LogP contribution in [0.25, 0.3) is 0 Å². The van der Waals surface area contributed by atoms with Gasteiger partial charge in [-0.25, -0.2) is 4.39 Å². The Morgan fingerprint density at radius 3 is 2.41 bits per heavy atom. The molecule has 2 aromatic carbocycles. The molecule has 1 atom stereocenters. The minimum atomic E-state index is -1.08. The van der Waals surface area contributed by atoms with Gasteiger partial charge in [0.2, 0.25) is 6.10 Å². The first-order valence-corrected chi connectivity index (χ1v) is 9.33. The largest absolute Gasteiger partial charge is 0.447 e. The van der Waals surface area contributed by atoms with Gasteiger partial charge in [-0.15, -0.1) is 11.3 Å². The summed E-state index contributed by atoms with van der Waals surface area (Å²) in [6.07, 6.45) is -0.322. The van der Waals surface area contributed by atoms with Gasteiger partial charge < -0.3 is 10.1 Å². The molecule has 4 nitrogen and oxygen atoms in total. The van der Waals surface area contributed by atoms with E-state index in [1.54, 1.807) is 35.6 Å². The van der Waals surface area contributed by atoms with E-state index in [1.807, 2.05) is 23.6 Å². The average Bonchev–Trinajstić information content (AvgIpc) is 3.20. The maximum atomic E-state index is 13.0. The summed E-state index contributed by atoms with van der Waals surface area (Å²) >= 11 is 1.57. The fraction of sp³-hybridized carbons (Fsp3) is 0.143. The highest BCUT2D eigenvalue weighted by Gasteiger charge is 2.25. The maximum absolute atomic E-state index is 13.0. The summed E-state index contributed by atoms with van der Waals surface area (Å²) in [4.78, 5) is 26.0. The van der Waals surface area contributed by atoms with Crippen LogP contribution in [0.15, 0.2) is 72.1 Å². The number of thiophene rings is 1. The molecule has 0 saturated carbocycles. The second kappa shape index (κ2) is 9.09. The zero-order chi connectivity index (χ0) is 19.1. The van der Waals surface area contributed by atoms with E-state index in [9.17, 15) is 14.0 Å². The van der Waals surface area contributed by atoms with Crippen molar-refractivity contribution in [1.82, 2.24) is 0 Å². The molecular weight excluding hydrogens is 365 g/mol. The predicted molar refractivity (Wildman–Crippen MR) is 103 cm³/mol. The lowest BCUT2D eigenvalue weighted by molar-refractivity contribution is -0.154. The molecule has 0 fully saturated rings. The van der Waals surface area contributed by atoms with E-state index in [-0.39, 0.29) is 6.42 Å². The van der Waals surface area contributed by atoms with Gasteiger partial charge in [0.25, 0.3) is 5.91 Å². The molecule has 0 aliphatic rings. The van der Waals surface area contributed by atoms with Gasteiger partial charge in [0.1, 0.15) is 5.82 Å². The highest BCUT2D eigenvalue weighted by atomic mass is 32.1. The molecule has 0 spiro atoms. The molecule has 3 aromatic rings. The summed E-state index contributed by atoms with van der Waals surface area (Å²) in [7, 11) is 0. The highest BCUT2D eigenvalue weighted by Crippen LogP contribution is 2.22. The number of rotatable bonds is 7. The number of aryl methyl sites for hydroxylation is 1. The van der Waals surface area contributed by atoms with Crippen LogP contribution in [0.2, 0.25) is 0 Å². The number of benzene rings is 2. The fourth-order valence-corrected chi connectivity index (χ4v) is 3.22. The van der Waals surface area contributed by atoms with Crippen LogP contribution in [0.4, 0.5) is 10.1 Å². The van der Waals surface area contributed by atoms with Crippen molar-refractivity contribution < 1.29 is 18.7 Å². The Labute approximate surface area is 160 Å². The van der Waals surface area contributed by atoms with E-state index in [4.69, 9.17) is 4.74 Å². The molecule has 138 valence electrons. The van der Waals surface area contributed by atoms with Crippen LogP contribution in [0.1, 0.15) is 23.0 Å². The van der Waals surface area contributed by atoms with Crippen LogP contribution >= 0.6 is 11.3 Å². The lowest BCUT2D eigenvalue weighted by atomic mass is 10.1. The van der Waals surface area contributed by atoms with Crippen molar-refractivity contribution >= 4 is 28.9 Å². The molecule has 1 N–H and O–H groups in total. The van der Waals surface area contributed by atoms with Crippen molar-refractivity contribution in [2.75, 3.05) is 5.32 Å². The van der Waals surface area contributed by atoms with Gasteiger partial charge >= 0.3 is 5.97 Å². The number of anilines is 1. The van der Waals surface area contributed by atoms with Crippen molar-refractivity contribution in [1.29, 1.82) is 0 Å². The van der Waals surface area contributed by atoms with Crippen LogP contribution in [-0.4, -0.2) is 11.9 Å². The Bertz CT molecular complexity index is 880. The minimum Gasteiger partial charge on any atom is -0.447 e. The lowest BCUT2D eigenvalue weighted by Gasteiger charge is -2.18. The van der Waals surface area contributed by atoms with Gasteiger partial charge in [0.05, 0.1) is 6.42 Å². The molecule has 0 aliphatic carbocycles. The molecule has 1 aromatic heterocycles. The summed E-state index contributed by atoms with van der Waals surface area (Å²) in [5.41, 5.74) is 0.999. The Balaban J connectivity index is 1.69. The van der Waals surface area contributed by atoms with E-state index in [1.165, 1.54) is 24.3 Å². The summed E-state index contributed by atoms with van der Waals surface area (Å²) in [5, 5.41) is 4.61. The second-order valence-electron chi connectivity index (χ2n) is 5.86. The van der Waals surface area contributed by atoms with Gasteiger partial charge in [0.15, 0.2) is 0 Å². The number of ether oxygens (including phenoxy) is 1. The van der Waals surface area contributed by atoms with Crippen LogP contribution < -0.4 is 5.32 Å². The summed E-state index contributed by atoms with van der Waals surface area (Å²) in [6.45, 7) is 0. The molecule has 3 rings (SSSR count). The minimum absolute atomic E-state index is 0.188. The zero-order valence-electron chi connectivity index (χ0n) is 14.4. The molecule has 0 radical (unpaired) electrons. The fourth-order valence-electron chi connectivity index (χ4n) is 2.51. The summed E-state index contributed by atoms with van der Waals surface area (Å²) in [6, 6.07) is 18.1. The van der Waals surface area contributed by atoms with E-state index in [0.29, 0.717) is 17.7 Å². The Morgan fingerprint density at radius 1 is 1.00 bits per heavy atom. The topological polar surface area (TPSA) is 55.4 Å². The standard InChI is InChI=1S/C21H18FNO3S/c22-16-8-10-17(11-9-16)23-21(25)20(15-5-2-1-3-6-15)26-19(24)13-12-18-7-4-14-27-18/h1-11,14,20H,12-13H2,(H,23,25)/t20-/m0/s1. The van der Waals surface area contributed by atoms with Crippen molar-refractivity contribution in [2.45, 2.75) is 18.9 Å². The third-order valence-electron chi connectivity index (χ3n) is 3.86. The maximum Gasteiger partial charge on any atom is 0.307 e. The van der Waals surface area contributed by atoms with Gasteiger partial charge in [0, 0.05) is 16.1 Å². The highest BCUT2D eigenvalue weighted by molar-refractivity contribution is 7.09. The monoisotopic (exact) mass is 383 g/mol. The van der Waals surface area contributed by atoms with Gasteiger partial charge in [-0.05, 0) is 42.1 Å². The first-order chi connectivity index (χ1) is 13.1. The van der Waals surface area contributed by atoms with Gasteiger partial charge in [-0.3, -0.25) is 9.59 Å². The average molecular weight is 383 g/mol. The molecule has 27 heavy (non-hydrogen) atoms. The zero-order valence-corrected chi connectivity index (χ0v) is 15.2. The smallest absolute Gasteiger partial charge is 0.307 e. The third kappa shape index (κ3) is 5.49. The van der Waals surface area contributed by atoms with E-state index in [0.717, 1.165) is 4.88 Å². The molecule has 0 aliphatic heterocycles. The number of esters is 1. The molecule has 0 unspecified atom stereocenters. The van der Waals surface area contributed by atoms with Crippen LogP contribution in [0.3, 0.4) is 0 Å². The van der Waals surface area contributed by atoms with E-state index < -0.39 is 23.8 Å². The summed E-state index contributed by atoms with van der Waals surface area (Å²) < 4.78 is 18.5. The first-order valence-electron chi connectivity index (χ1n) is 8.45. The van der Waals surface area contributed by atoms with Crippen LogP contribution in [0.5, 0.6) is 0 Å². The van der Waals surface area contributed by atoms with E-state index >= 15 is 0 Å². The van der Waals surface area contributed by atoms with Crippen molar-refractivity contribution in [3.63, 3.8) is 0 Å². The number of halogens is 1. The Kier molecular flexibility index (Phi) is 6.33. The number of carbonyl (C=O) groups is 2. The predicted octanol–water partition coefficient (Wildman–Crippen LogP) is 4.74. The van der Waals surface area contributed by atoms with Gasteiger partial charge in [-0.1, -0.05) is 36.4 Å². The third-order valence-corrected chi connectivity index (χ3v) is 4.79. The lowest BCUT2D eigenvalue weighted by Crippen LogP contribution is -2.26. The van der Waals surface area contributed by atoms with Crippen molar-refractivity contribution in [3.05, 3.63) is 88.4 Å². The number of amides is 1. The first kappa shape index (κ1) is 18.8. The number of hydrogen-bond acceptors (Lipinski definition) is 4. The summed E-state index contributed by atoms with van der Waals surface area (Å²) in [5.74, 6) is -1.34. The molecule has 1 amide bonds. The van der Waals surface area contributed by atoms with Crippen LogP contribution in [-0.2, 0) is 20.7 Å². The SMILES string of the molecule is O=C(CCc1cccs1)O[C@H](C(=O)Nc1ccc(F)cc1)c1ccccc1. The number of nitrogens with one attached hydrogen (secondary N) is 1. The quantitative estimate of drug-likeness (QED) is 0.600. The van der Waals surface area contributed by atoms with Crippen LogP contribution in [0, 0.1) is 5.82 Å². The number of hydrogen-bond donors (Lipinski definition) is 1. The van der Waals surface area contributed by atoms with Gasteiger partial charge in [-0.2, -0.15) is 0 Å². The van der Waals surface area contributed by atoms with Crippen molar-refractivity contribution in [3.8, 4) is 0 Å². The molecule has 0 bridgehead atoms. The Hall–Kier alpha value is -2.99. The second-order valence-corrected chi connectivity index (χ2v) is 6.89. The molecule has 1 heterocycles. The molecule has 0 saturated heterocycles. The number of carbonyl (C=O) groups excluding carboxylic acids is 2. The van der Waals surface area contributed by atoms with Crippen molar-refractivity contribution in [2.24, 2.45) is 0 Å². The molecule has 6 heteroatoms. The molecular formula is C21H18FNO3S. The van der Waals surface area contributed by atoms with E-state index in [2.05, 4.69) is 5.32 Å². The Morgan fingerprint density at radius 2 is 1.74 bits per heavy atom. The normalized spacial score (nSPS) is 11.6.